The highest BCUT2D eigenvalue weighted by atomic mass is 79.9. The molecule has 0 radical (unpaired) electrons. The lowest BCUT2D eigenvalue weighted by Crippen LogP contribution is -2.12. The van der Waals surface area contributed by atoms with Crippen LogP contribution in [0.25, 0.3) is 0 Å². The van der Waals surface area contributed by atoms with E-state index in [2.05, 4.69) is 15.9 Å². The molecule has 0 atom stereocenters. The van der Waals surface area contributed by atoms with Gasteiger partial charge >= 0.3 is 0 Å². The van der Waals surface area contributed by atoms with Crippen molar-refractivity contribution in [2.24, 2.45) is 0 Å². The number of carbonyl (C=O) groups excluding carboxylic acids is 1. The molecule has 0 saturated heterocycles. The first-order chi connectivity index (χ1) is 9.08. The molecule has 0 unspecified atom stereocenters. The first-order valence-corrected chi connectivity index (χ1v) is 6.85. The molecule has 0 N–H and O–H groups in total. The Morgan fingerprint density at radius 1 is 1.05 bits per heavy atom. The number of aryl methyl sites for hydroxylation is 2. The largest absolute Gasteiger partial charge is 0.485 e. The second-order valence-corrected chi connectivity index (χ2v) is 5.36. The Labute approximate surface area is 121 Å². The van der Waals surface area contributed by atoms with Crippen molar-refractivity contribution in [2.75, 3.05) is 6.61 Å². The number of ketones is 1. The molecule has 0 amide bonds. The Morgan fingerprint density at radius 3 is 2.21 bits per heavy atom. The normalized spacial score (nSPS) is 10.3. The summed E-state index contributed by atoms with van der Waals surface area (Å²) >= 11 is 3.35. The highest BCUT2D eigenvalue weighted by Gasteiger charge is 2.09. The maximum absolute atomic E-state index is 12.0. The Kier molecular flexibility index (Phi) is 4.38. The summed E-state index contributed by atoms with van der Waals surface area (Å²) in [5.41, 5.74) is 2.75. The summed E-state index contributed by atoms with van der Waals surface area (Å²) in [6.07, 6.45) is 0. The summed E-state index contributed by atoms with van der Waals surface area (Å²) < 4.78 is 6.61. The standard InChI is InChI=1S/C16H15BrO2/c1-11-4-3-5-12(2)16(11)19-10-15(18)13-6-8-14(17)9-7-13/h3-9H,10H2,1-2H3. The first kappa shape index (κ1) is 13.8. The van der Waals surface area contributed by atoms with Crippen LogP contribution < -0.4 is 4.74 Å². The third-order valence-corrected chi connectivity index (χ3v) is 3.45. The van der Waals surface area contributed by atoms with E-state index in [9.17, 15) is 4.79 Å². The number of rotatable bonds is 4. The van der Waals surface area contributed by atoms with Crippen molar-refractivity contribution in [1.82, 2.24) is 0 Å². The van der Waals surface area contributed by atoms with Gasteiger partial charge in [0.15, 0.2) is 12.4 Å². The molecule has 0 aromatic heterocycles. The van der Waals surface area contributed by atoms with Crippen LogP contribution in [0.15, 0.2) is 46.9 Å². The molecule has 0 saturated carbocycles. The number of ether oxygens (including phenoxy) is 1. The van der Waals surface area contributed by atoms with Crippen LogP contribution in [-0.2, 0) is 0 Å². The SMILES string of the molecule is Cc1cccc(C)c1OCC(=O)c1ccc(Br)cc1. The average molecular weight is 319 g/mol. The minimum atomic E-state index is -0.0184. The monoisotopic (exact) mass is 318 g/mol. The van der Waals surface area contributed by atoms with Crippen LogP contribution in [0.2, 0.25) is 0 Å². The molecule has 0 aliphatic heterocycles. The van der Waals surface area contributed by atoms with E-state index in [1.165, 1.54) is 0 Å². The maximum atomic E-state index is 12.0. The van der Waals surface area contributed by atoms with E-state index in [1.54, 1.807) is 12.1 Å². The summed E-state index contributed by atoms with van der Waals surface area (Å²) in [6.45, 7) is 4.02. The van der Waals surface area contributed by atoms with Crippen molar-refractivity contribution < 1.29 is 9.53 Å². The Morgan fingerprint density at radius 2 is 1.63 bits per heavy atom. The topological polar surface area (TPSA) is 26.3 Å². The fourth-order valence-corrected chi connectivity index (χ4v) is 2.15. The minimum Gasteiger partial charge on any atom is -0.485 e. The smallest absolute Gasteiger partial charge is 0.200 e. The van der Waals surface area contributed by atoms with Crippen LogP contribution >= 0.6 is 15.9 Å². The van der Waals surface area contributed by atoms with Crippen molar-refractivity contribution in [3.63, 3.8) is 0 Å². The molecule has 2 aromatic carbocycles. The molecular formula is C16H15BrO2. The van der Waals surface area contributed by atoms with Gasteiger partial charge in [-0.15, -0.1) is 0 Å². The summed E-state index contributed by atoms with van der Waals surface area (Å²) in [6, 6.07) is 13.2. The highest BCUT2D eigenvalue weighted by Crippen LogP contribution is 2.22. The number of carbonyl (C=O) groups is 1. The number of halogens is 1. The molecule has 19 heavy (non-hydrogen) atoms. The third-order valence-electron chi connectivity index (χ3n) is 2.92. The zero-order chi connectivity index (χ0) is 13.8. The van der Waals surface area contributed by atoms with Gasteiger partial charge in [0.2, 0.25) is 0 Å². The average Bonchev–Trinajstić information content (AvgIpc) is 2.38. The fraction of sp³-hybridized carbons (Fsp3) is 0.188. The molecule has 0 spiro atoms. The predicted octanol–water partition coefficient (Wildman–Crippen LogP) is 4.33. The van der Waals surface area contributed by atoms with Crippen LogP contribution in [0.4, 0.5) is 0 Å². The predicted molar refractivity (Wildman–Crippen MR) is 79.9 cm³/mol. The van der Waals surface area contributed by atoms with Crippen LogP contribution in [0, 0.1) is 13.8 Å². The van der Waals surface area contributed by atoms with Gasteiger partial charge in [-0.25, -0.2) is 0 Å². The molecule has 3 heteroatoms. The lowest BCUT2D eigenvalue weighted by molar-refractivity contribution is 0.0920. The van der Waals surface area contributed by atoms with E-state index < -0.39 is 0 Å². The van der Waals surface area contributed by atoms with Gasteiger partial charge in [0, 0.05) is 10.0 Å². The van der Waals surface area contributed by atoms with E-state index >= 15 is 0 Å². The van der Waals surface area contributed by atoms with E-state index in [-0.39, 0.29) is 12.4 Å². The number of Topliss-reactive ketones (excluding diaryl/α,β-unsaturated/α-hetero) is 1. The number of benzene rings is 2. The third kappa shape index (κ3) is 3.44. The zero-order valence-corrected chi connectivity index (χ0v) is 12.5. The molecule has 98 valence electrons. The van der Waals surface area contributed by atoms with Crippen LogP contribution in [-0.4, -0.2) is 12.4 Å². The Bertz CT molecular complexity index is 568. The first-order valence-electron chi connectivity index (χ1n) is 6.05. The maximum Gasteiger partial charge on any atom is 0.200 e. The summed E-state index contributed by atoms with van der Waals surface area (Å²) in [7, 11) is 0. The minimum absolute atomic E-state index is 0.0184. The van der Waals surface area contributed by atoms with E-state index in [1.807, 2.05) is 44.2 Å². The summed E-state index contributed by atoms with van der Waals surface area (Å²) in [4.78, 5) is 12.0. The number of hydrogen-bond acceptors (Lipinski definition) is 2. The molecule has 2 rings (SSSR count). The molecule has 2 nitrogen and oxygen atoms in total. The van der Waals surface area contributed by atoms with E-state index in [0.717, 1.165) is 21.3 Å². The Hall–Kier alpha value is -1.61. The summed E-state index contributed by atoms with van der Waals surface area (Å²) in [5.74, 6) is 0.781. The van der Waals surface area contributed by atoms with Gasteiger partial charge in [-0.1, -0.05) is 46.3 Å². The van der Waals surface area contributed by atoms with Gasteiger partial charge in [-0.05, 0) is 37.1 Å². The van der Waals surface area contributed by atoms with Gasteiger partial charge < -0.3 is 4.74 Å². The van der Waals surface area contributed by atoms with Crippen LogP contribution in [0.3, 0.4) is 0 Å². The zero-order valence-electron chi connectivity index (χ0n) is 10.9. The van der Waals surface area contributed by atoms with Crippen molar-refractivity contribution in [2.45, 2.75) is 13.8 Å². The highest BCUT2D eigenvalue weighted by molar-refractivity contribution is 9.10. The van der Waals surface area contributed by atoms with E-state index in [0.29, 0.717) is 5.56 Å². The second-order valence-electron chi connectivity index (χ2n) is 4.44. The van der Waals surface area contributed by atoms with Gasteiger partial charge in [0.25, 0.3) is 0 Å². The molecule has 2 aromatic rings. The lowest BCUT2D eigenvalue weighted by atomic mass is 10.1. The molecule has 0 fully saturated rings. The Balaban J connectivity index is 2.06. The van der Waals surface area contributed by atoms with E-state index in [4.69, 9.17) is 4.74 Å². The molecule has 0 bridgehead atoms. The molecular weight excluding hydrogens is 304 g/mol. The quantitative estimate of drug-likeness (QED) is 0.784. The molecule has 0 heterocycles. The number of para-hydroxylation sites is 1. The van der Waals surface area contributed by atoms with Crippen molar-refractivity contribution in [3.8, 4) is 5.75 Å². The van der Waals surface area contributed by atoms with Crippen LogP contribution in [0.5, 0.6) is 5.75 Å². The molecule has 0 aliphatic carbocycles. The van der Waals surface area contributed by atoms with Crippen molar-refractivity contribution in [3.05, 3.63) is 63.6 Å². The second kappa shape index (κ2) is 6.02. The van der Waals surface area contributed by atoms with Gasteiger partial charge in [-0.3, -0.25) is 4.79 Å². The van der Waals surface area contributed by atoms with Crippen LogP contribution in [0.1, 0.15) is 21.5 Å². The lowest BCUT2D eigenvalue weighted by Gasteiger charge is -2.11. The molecule has 0 aliphatic rings. The summed E-state index contributed by atoms with van der Waals surface area (Å²) in [5, 5.41) is 0. The van der Waals surface area contributed by atoms with Gasteiger partial charge in [0.1, 0.15) is 5.75 Å². The number of hydrogen-bond donors (Lipinski definition) is 0. The van der Waals surface area contributed by atoms with Gasteiger partial charge in [0.05, 0.1) is 0 Å². The fourth-order valence-electron chi connectivity index (χ4n) is 1.88. The van der Waals surface area contributed by atoms with Crippen molar-refractivity contribution >= 4 is 21.7 Å². The van der Waals surface area contributed by atoms with Crippen molar-refractivity contribution in [1.29, 1.82) is 0 Å². The van der Waals surface area contributed by atoms with Gasteiger partial charge in [-0.2, -0.15) is 0 Å².